The van der Waals surface area contributed by atoms with Gasteiger partial charge in [-0.25, -0.2) is 4.98 Å². The number of hydrogen-bond donors (Lipinski definition) is 1. The molecule has 0 saturated carbocycles. The highest BCUT2D eigenvalue weighted by molar-refractivity contribution is 5.76. The van der Waals surface area contributed by atoms with Crippen molar-refractivity contribution in [1.29, 1.82) is 0 Å². The molecule has 0 aliphatic heterocycles. The molecule has 5 nitrogen and oxygen atoms in total. The predicted octanol–water partition coefficient (Wildman–Crippen LogP) is 3.36. The van der Waals surface area contributed by atoms with Gasteiger partial charge in [0.25, 0.3) is 5.56 Å². The van der Waals surface area contributed by atoms with Crippen LogP contribution in [0.5, 0.6) is 0 Å². The summed E-state index contributed by atoms with van der Waals surface area (Å²) in [5.41, 5.74) is 2.47. The standard InChI is InChI=1S/C23H25N3O2/c1-17(13-14-19-9-5-3-6-10-19)24-21(27)16-26-22(28)15-18(2)25-23(26)20-11-7-4-8-12-20/h3-12,15,17H,13-14,16H2,1-2H3,(H,24,27). The van der Waals surface area contributed by atoms with Crippen molar-refractivity contribution in [2.45, 2.75) is 39.3 Å². The number of hydrogen-bond acceptors (Lipinski definition) is 3. The molecule has 1 amide bonds. The van der Waals surface area contributed by atoms with E-state index in [9.17, 15) is 9.59 Å². The number of carbonyl (C=O) groups is 1. The SMILES string of the molecule is Cc1cc(=O)n(CC(=O)NC(C)CCc2ccccc2)c(-c2ccccc2)n1. The van der Waals surface area contributed by atoms with Crippen molar-refractivity contribution in [2.75, 3.05) is 0 Å². The maximum Gasteiger partial charge on any atom is 0.254 e. The van der Waals surface area contributed by atoms with Crippen LogP contribution in [0.1, 0.15) is 24.6 Å². The Hall–Kier alpha value is -3.21. The maximum absolute atomic E-state index is 12.6. The molecule has 28 heavy (non-hydrogen) atoms. The highest BCUT2D eigenvalue weighted by Crippen LogP contribution is 2.15. The summed E-state index contributed by atoms with van der Waals surface area (Å²) in [5, 5.41) is 2.99. The zero-order valence-electron chi connectivity index (χ0n) is 16.3. The summed E-state index contributed by atoms with van der Waals surface area (Å²) < 4.78 is 1.43. The summed E-state index contributed by atoms with van der Waals surface area (Å²) in [6.45, 7) is 3.71. The van der Waals surface area contributed by atoms with E-state index < -0.39 is 0 Å². The molecule has 3 aromatic rings. The molecule has 2 aromatic carbocycles. The molecule has 0 saturated heterocycles. The number of aromatic nitrogens is 2. The largest absolute Gasteiger partial charge is 0.352 e. The van der Waals surface area contributed by atoms with Crippen molar-refractivity contribution >= 4 is 5.91 Å². The molecule has 0 aliphatic carbocycles. The van der Waals surface area contributed by atoms with Crippen molar-refractivity contribution in [3.8, 4) is 11.4 Å². The van der Waals surface area contributed by atoms with Crippen LogP contribution < -0.4 is 10.9 Å². The summed E-state index contributed by atoms with van der Waals surface area (Å²) in [6, 6.07) is 21.1. The minimum Gasteiger partial charge on any atom is -0.352 e. The molecule has 0 bridgehead atoms. The molecule has 0 radical (unpaired) electrons. The molecule has 1 unspecified atom stereocenters. The number of amides is 1. The number of aryl methyl sites for hydroxylation is 2. The molecule has 5 heteroatoms. The summed E-state index contributed by atoms with van der Waals surface area (Å²) in [5.74, 6) is 0.322. The number of nitrogens with one attached hydrogen (secondary N) is 1. The quantitative estimate of drug-likeness (QED) is 0.689. The van der Waals surface area contributed by atoms with Crippen LogP contribution in [-0.4, -0.2) is 21.5 Å². The Morgan fingerprint density at radius 1 is 1.07 bits per heavy atom. The zero-order valence-corrected chi connectivity index (χ0v) is 16.3. The molecule has 0 spiro atoms. The molecule has 1 heterocycles. The first-order valence-corrected chi connectivity index (χ1v) is 9.50. The Morgan fingerprint density at radius 3 is 2.39 bits per heavy atom. The Bertz CT molecular complexity index is 982. The van der Waals surface area contributed by atoms with Crippen molar-refractivity contribution in [1.82, 2.24) is 14.9 Å². The number of benzene rings is 2. The summed E-state index contributed by atoms with van der Waals surface area (Å²) in [4.78, 5) is 29.6. The van der Waals surface area contributed by atoms with Gasteiger partial charge in [-0.1, -0.05) is 60.7 Å². The van der Waals surface area contributed by atoms with E-state index in [0.717, 1.165) is 18.4 Å². The first-order valence-electron chi connectivity index (χ1n) is 9.50. The molecule has 3 rings (SSSR count). The third kappa shape index (κ3) is 5.16. The third-order valence-electron chi connectivity index (χ3n) is 4.59. The van der Waals surface area contributed by atoms with Crippen LogP contribution in [0, 0.1) is 6.92 Å². The van der Waals surface area contributed by atoms with E-state index in [1.54, 1.807) is 6.92 Å². The number of nitrogens with zero attached hydrogens (tertiary/aromatic N) is 2. The van der Waals surface area contributed by atoms with Gasteiger partial charge in [0.15, 0.2) is 0 Å². The molecular weight excluding hydrogens is 350 g/mol. The van der Waals surface area contributed by atoms with Gasteiger partial charge in [0.2, 0.25) is 5.91 Å². The van der Waals surface area contributed by atoms with E-state index in [4.69, 9.17) is 0 Å². The van der Waals surface area contributed by atoms with Gasteiger partial charge in [0, 0.05) is 23.4 Å². The highest BCUT2D eigenvalue weighted by Gasteiger charge is 2.14. The van der Waals surface area contributed by atoms with Gasteiger partial charge >= 0.3 is 0 Å². The van der Waals surface area contributed by atoms with E-state index in [2.05, 4.69) is 22.4 Å². The van der Waals surface area contributed by atoms with Gasteiger partial charge in [-0.3, -0.25) is 14.2 Å². The minimum atomic E-state index is -0.224. The summed E-state index contributed by atoms with van der Waals surface area (Å²) in [7, 11) is 0. The second-order valence-corrected chi connectivity index (χ2v) is 7.00. The molecule has 144 valence electrons. The fraction of sp³-hybridized carbons (Fsp3) is 0.261. The van der Waals surface area contributed by atoms with E-state index in [1.165, 1.54) is 16.2 Å². The highest BCUT2D eigenvalue weighted by atomic mass is 16.2. The lowest BCUT2D eigenvalue weighted by molar-refractivity contribution is -0.122. The Morgan fingerprint density at radius 2 is 1.71 bits per heavy atom. The lowest BCUT2D eigenvalue weighted by Crippen LogP contribution is -2.38. The van der Waals surface area contributed by atoms with E-state index in [1.807, 2.05) is 55.5 Å². The molecular formula is C23H25N3O2. The van der Waals surface area contributed by atoms with Crippen LogP contribution in [0.15, 0.2) is 71.5 Å². The van der Waals surface area contributed by atoms with Crippen LogP contribution in [0.25, 0.3) is 11.4 Å². The van der Waals surface area contributed by atoms with E-state index >= 15 is 0 Å². The van der Waals surface area contributed by atoms with E-state index in [0.29, 0.717) is 11.5 Å². The molecule has 0 fully saturated rings. The van der Waals surface area contributed by atoms with Crippen LogP contribution in [0.4, 0.5) is 0 Å². The third-order valence-corrected chi connectivity index (χ3v) is 4.59. The minimum absolute atomic E-state index is 0.0157. The average Bonchev–Trinajstić information content (AvgIpc) is 2.69. The summed E-state index contributed by atoms with van der Waals surface area (Å²) in [6.07, 6.45) is 1.73. The van der Waals surface area contributed by atoms with Crippen LogP contribution >= 0.6 is 0 Å². The van der Waals surface area contributed by atoms with Gasteiger partial charge < -0.3 is 5.32 Å². The van der Waals surface area contributed by atoms with Crippen molar-refractivity contribution < 1.29 is 4.79 Å². The van der Waals surface area contributed by atoms with Gasteiger partial charge in [0.1, 0.15) is 12.4 Å². The van der Waals surface area contributed by atoms with Gasteiger partial charge in [0.05, 0.1) is 0 Å². The zero-order chi connectivity index (χ0) is 19.9. The Kier molecular flexibility index (Phi) is 6.37. The lowest BCUT2D eigenvalue weighted by Gasteiger charge is -2.16. The smallest absolute Gasteiger partial charge is 0.254 e. The fourth-order valence-corrected chi connectivity index (χ4v) is 3.15. The monoisotopic (exact) mass is 375 g/mol. The number of rotatable bonds is 7. The Labute approximate surface area is 165 Å². The fourth-order valence-electron chi connectivity index (χ4n) is 3.15. The van der Waals surface area contributed by atoms with Crippen molar-refractivity contribution in [3.63, 3.8) is 0 Å². The number of carbonyl (C=O) groups excluding carboxylic acids is 1. The lowest BCUT2D eigenvalue weighted by atomic mass is 10.1. The van der Waals surface area contributed by atoms with Gasteiger partial charge in [-0.2, -0.15) is 0 Å². The van der Waals surface area contributed by atoms with Crippen LogP contribution in [0.2, 0.25) is 0 Å². The predicted molar refractivity (Wildman–Crippen MR) is 111 cm³/mol. The molecule has 1 N–H and O–H groups in total. The average molecular weight is 375 g/mol. The second kappa shape index (κ2) is 9.13. The maximum atomic E-state index is 12.6. The molecule has 0 aliphatic rings. The molecule has 1 atom stereocenters. The first kappa shape index (κ1) is 19.5. The van der Waals surface area contributed by atoms with E-state index in [-0.39, 0.29) is 24.1 Å². The normalized spacial score (nSPS) is 11.8. The Balaban J connectivity index is 1.69. The van der Waals surface area contributed by atoms with Gasteiger partial charge in [-0.05, 0) is 32.3 Å². The van der Waals surface area contributed by atoms with Gasteiger partial charge in [-0.15, -0.1) is 0 Å². The first-order chi connectivity index (χ1) is 13.5. The van der Waals surface area contributed by atoms with Crippen molar-refractivity contribution in [2.24, 2.45) is 0 Å². The topological polar surface area (TPSA) is 64.0 Å². The second-order valence-electron chi connectivity index (χ2n) is 7.00. The van der Waals surface area contributed by atoms with Crippen LogP contribution in [0.3, 0.4) is 0 Å². The summed E-state index contributed by atoms with van der Waals surface area (Å²) >= 11 is 0. The van der Waals surface area contributed by atoms with Crippen molar-refractivity contribution in [3.05, 3.63) is 88.3 Å². The van der Waals surface area contributed by atoms with Crippen LogP contribution in [-0.2, 0) is 17.8 Å². The molecule has 1 aromatic heterocycles.